The number of quaternary nitrogens is 1. The van der Waals surface area contributed by atoms with E-state index in [2.05, 4.69) is 25.8 Å². The van der Waals surface area contributed by atoms with E-state index in [0.717, 1.165) is 55.5 Å². The van der Waals surface area contributed by atoms with Crippen LogP contribution < -0.4 is 17.0 Å². The number of morpholine rings is 1. The summed E-state index contributed by atoms with van der Waals surface area (Å²) < 4.78 is 13.1. The Morgan fingerprint density at radius 2 is 1.71 bits per heavy atom. The van der Waals surface area contributed by atoms with E-state index >= 15 is 0 Å². The van der Waals surface area contributed by atoms with Gasteiger partial charge in [0.1, 0.15) is 6.04 Å². The van der Waals surface area contributed by atoms with Gasteiger partial charge < -0.3 is 36.0 Å². The second kappa shape index (κ2) is 10.9. The lowest BCUT2D eigenvalue weighted by molar-refractivity contribution is -0.940. The summed E-state index contributed by atoms with van der Waals surface area (Å²) in [6.45, 7) is 12.7. The van der Waals surface area contributed by atoms with Gasteiger partial charge in [-0.25, -0.2) is 0 Å². The van der Waals surface area contributed by atoms with Gasteiger partial charge in [-0.2, -0.15) is 0 Å². The first kappa shape index (κ1) is 29.3. The molecule has 38 heavy (non-hydrogen) atoms. The molecule has 0 bridgehead atoms. The van der Waals surface area contributed by atoms with Crippen molar-refractivity contribution in [2.45, 2.75) is 109 Å². The van der Waals surface area contributed by atoms with E-state index in [4.69, 9.17) is 9.47 Å². The molecule has 0 aromatic heterocycles. The summed E-state index contributed by atoms with van der Waals surface area (Å²) in [6.07, 6.45) is 12.1. The number of aliphatic hydroxyl groups is 1. The highest BCUT2D eigenvalue weighted by Crippen LogP contribution is 2.67. The molecule has 2 heterocycles. The van der Waals surface area contributed by atoms with E-state index in [1.165, 1.54) is 64.5 Å². The van der Waals surface area contributed by atoms with Crippen LogP contribution in [-0.2, 0) is 14.3 Å². The molecule has 6 fully saturated rings. The standard InChI is InChI=1S/C31H53N2O4.BrH/c1-21(34)37-29-27(33(4)14-6-5-7-15-33)19-25-23-9-8-22-18-28(35)26(32-12-16-36-17-13-32)20-31(22,3)24(23)10-11-30(25,29)2;/h22-29,35H,5-20H2,1-4H3;1H/q+1;/p-1/t22-,23+,24-,25-,26-,27-,28-,29-,30-,31-;/m0./s1. The van der Waals surface area contributed by atoms with Crippen molar-refractivity contribution in [3.63, 3.8) is 0 Å². The molecule has 0 aromatic carbocycles. The summed E-state index contributed by atoms with van der Waals surface area (Å²) in [5.74, 6) is 2.64. The molecular formula is C31H53BrN2O4. The Bertz CT molecular complexity index is 861. The number of halogens is 1. The molecular weight excluding hydrogens is 544 g/mol. The van der Waals surface area contributed by atoms with E-state index in [9.17, 15) is 9.90 Å². The topological polar surface area (TPSA) is 59.0 Å². The maximum Gasteiger partial charge on any atom is 0.303 e. The van der Waals surface area contributed by atoms with Crippen LogP contribution in [0, 0.1) is 34.5 Å². The van der Waals surface area contributed by atoms with Crippen LogP contribution in [0.2, 0.25) is 0 Å². The van der Waals surface area contributed by atoms with E-state index in [-0.39, 0.29) is 46.6 Å². The maximum absolute atomic E-state index is 12.4. The van der Waals surface area contributed by atoms with Gasteiger partial charge in [-0.3, -0.25) is 9.69 Å². The molecule has 6 aliphatic rings. The van der Waals surface area contributed by atoms with Gasteiger partial charge in [0.15, 0.2) is 6.10 Å². The number of ether oxygens (including phenoxy) is 2. The molecule has 4 aliphatic carbocycles. The number of hydrogen-bond acceptors (Lipinski definition) is 5. The monoisotopic (exact) mass is 596 g/mol. The van der Waals surface area contributed by atoms with Crippen molar-refractivity contribution in [3.8, 4) is 0 Å². The first-order valence-electron chi connectivity index (χ1n) is 15.7. The highest BCUT2D eigenvalue weighted by molar-refractivity contribution is 5.66. The Labute approximate surface area is 241 Å². The molecule has 6 rings (SSSR count). The van der Waals surface area contributed by atoms with E-state index in [0.29, 0.717) is 23.3 Å². The van der Waals surface area contributed by atoms with Crippen LogP contribution >= 0.6 is 0 Å². The summed E-state index contributed by atoms with van der Waals surface area (Å²) in [5, 5.41) is 11.3. The lowest BCUT2D eigenvalue weighted by Crippen LogP contribution is -3.00. The van der Waals surface area contributed by atoms with Gasteiger partial charge in [0.2, 0.25) is 0 Å². The summed E-state index contributed by atoms with van der Waals surface area (Å²) in [4.78, 5) is 15.0. The van der Waals surface area contributed by atoms with Gasteiger partial charge in [0.25, 0.3) is 0 Å². The van der Waals surface area contributed by atoms with Crippen molar-refractivity contribution in [1.29, 1.82) is 0 Å². The Morgan fingerprint density at radius 3 is 2.39 bits per heavy atom. The molecule has 0 amide bonds. The Morgan fingerprint density at radius 1 is 1.00 bits per heavy atom. The lowest BCUT2D eigenvalue weighted by Gasteiger charge is -2.62. The number of rotatable bonds is 3. The number of nitrogens with zero attached hydrogens (tertiary/aromatic N) is 2. The number of likely N-dealkylation sites (N-methyl/N-ethyl adjacent to an activating group) is 1. The first-order chi connectivity index (χ1) is 17.7. The van der Waals surface area contributed by atoms with Crippen LogP contribution in [0.5, 0.6) is 0 Å². The molecule has 10 atom stereocenters. The zero-order valence-electron chi connectivity index (χ0n) is 24.4. The molecule has 1 N–H and O–H groups in total. The zero-order chi connectivity index (χ0) is 26.0. The molecule has 0 unspecified atom stereocenters. The van der Waals surface area contributed by atoms with Gasteiger partial charge >= 0.3 is 5.97 Å². The van der Waals surface area contributed by atoms with E-state index in [1.54, 1.807) is 6.92 Å². The second-order valence-electron chi connectivity index (χ2n) is 14.7. The number of esters is 1. The zero-order valence-corrected chi connectivity index (χ0v) is 26.0. The fourth-order valence-electron chi connectivity index (χ4n) is 11.1. The van der Waals surface area contributed by atoms with Crippen LogP contribution in [0.15, 0.2) is 0 Å². The minimum absolute atomic E-state index is 0. The smallest absolute Gasteiger partial charge is 0.303 e. The number of hydrogen-bond donors (Lipinski definition) is 1. The van der Waals surface area contributed by atoms with Crippen LogP contribution in [0.4, 0.5) is 0 Å². The Hall–Kier alpha value is -0.210. The Kier molecular flexibility index (Phi) is 8.39. The molecule has 4 saturated carbocycles. The predicted molar refractivity (Wildman–Crippen MR) is 144 cm³/mol. The van der Waals surface area contributed by atoms with Crippen LogP contribution in [0.1, 0.15) is 85.0 Å². The van der Waals surface area contributed by atoms with Crippen molar-refractivity contribution in [1.82, 2.24) is 4.90 Å². The fraction of sp³-hybridized carbons (Fsp3) is 0.968. The quantitative estimate of drug-likeness (QED) is 0.392. The van der Waals surface area contributed by atoms with Crippen LogP contribution in [0.3, 0.4) is 0 Å². The van der Waals surface area contributed by atoms with Crippen molar-refractivity contribution in [2.75, 3.05) is 46.4 Å². The molecule has 7 heteroatoms. The summed E-state index contributed by atoms with van der Waals surface area (Å²) in [7, 11) is 2.46. The van der Waals surface area contributed by atoms with Gasteiger partial charge in [-0.05, 0) is 86.9 Å². The Balaban J connectivity index is 0.00000294. The number of likely N-dealkylation sites (tertiary alicyclic amines) is 1. The normalized spacial score (nSPS) is 48.7. The largest absolute Gasteiger partial charge is 1.00 e. The SMILES string of the molecule is CC(=O)O[C@H]1[C@@H]([N+]2(C)CCCCC2)C[C@H]2[C@@H]3CC[C@H]4C[C@H](O)[C@@H](N5CCOCC5)C[C@]4(C)[C@H]3CC[C@@]21C.[Br-]. The number of aliphatic hydroxyl groups excluding tert-OH is 1. The van der Waals surface area contributed by atoms with Gasteiger partial charge in [0.05, 0.1) is 39.5 Å². The minimum atomic E-state index is -0.200. The van der Waals surface area contributed by atoms with Gasteiger partial charge in [-0.1, -0.05) is 13.8 Å². The average Bonchev–Trinajstić information content (AvgIpc) is 3.17. The number of piperidine rings is 1. The van der Waals surface area contributed by atoms with Crippen molar-refractivity contribution in [3.05, 3.63) is 0 Å². The number of carbonyl (C=O) groups excluding carboxylic acids is 1. The molecule has 6 nitrogen and oxygen atoms in total. The predicted octanol–water partition coefficient (Wildman–Crippen LogP) is 1.25. The third kappa shape index (κ3) is 4.72. The van der Waals surface area contributed by atoms with Crippen molar-refractivity contribution < 1.29 is 40.8 Å². The number of fused-ring (bicyclic) bond motifs is 5. The molecule has 218 valence electrons. The lowest BCUT2D eigenvalue weighted by atomic mass is 9.44. The summed E-state index contributed by atoms with van der Waals surface area (Å²) >= 11 is 0. The maximum atomic E-state index is 12.4. The number of carbonyl (C=O) groups is 1. The molecule has 0 spiro atoms. The van der Waals surface area contributed by atoms with E-state index in [1.807, 2.05) is 0 Å². The highest BCUT2D eigenvalue weighted by Gasteiger charge is 2.67. The fourth-order valence-corrected chi connectivity index (χ4v) is 11.1. The average molecular weight is 598 g/mol. The third-order valence-electron chi connectivity index (χ3n) is 13.1. The molecule has 2 saturated heterocycles. The van der Waals surface area contributed by atoms with Crippen LogP contribution in [-0.4, -0.2) is 91.2 Å². The van der Waals surface area contributed by atoms with Gasteiger partial charge in [0, 0.05) is 37.9 Å². The molecule has 2 aliphatic heterocycles. The third-order valence-corrected chi connectivity index (χ3v) is 13.1. The van der Waals surface area contributed by atoms with E-state index < -0.39 is 0 Å². The highest BCUT2D eigenvalue weighted by atomic mass is 79.9. The van der Waals surface area contributed by atoms with Crippen molar-refractivity contribution >= 4 is 5.97 Å². The summed E-state index contributed by atoms with van der Waals surface area (Å²) in [5.41, 5.74) is 0.391. The van der Waals surface area contributed by atoms with Gasteiger partial charge in [-0.15, -0.1) is 0 Å². The van der Waals surface area contributed by atoms with Crippen LogP contribution in [0.25, 0.3) is 0 Å². The minimum Gasteiger partial charge on any atom is -1.00 e. The van der Waals surface area contributed by atoms with Crippen molar-refractivity contribution in [2.24, 2.45) is 34.5 Å². The first-order valence-corrected chi connectivity index (χ1v) is 15.7. The molecule has 0 aromatic rings. The molecule has 0 radical (unpaired) electrons. The second-order valence-corrected chi connectivity index (χ2v) is 14.7. The summed E-state index contributed by atoms with van der Waals surface area (Å²) in [6, 6.07) is 0.720.